The molecule has 24 atom stereocenters. The molecule has 0 unspecified atom stereocenters. The van der Waals surface area contributed by atoms with Crippen molar-refractivity contribution in [2.75, 3.05) is 19.8 Å². The van der Waals surface area contributed by atoms with E-state index in [0.29, 0.717) is 25.7 Å². The minimum Gasteiger partial charge on any atom is -0.481 e. The number of rotatable bonds is 9. The van der Waals surface area contributed by atoms with E-state index >= 15 is 0 Å². The molecule has 0 aromatic heterocycles. The first-order valence-electron chi connectivity index (χ1n) is 24.0. The molecule has 0 radical (unpaired) electrons. The second-order valence-electron chi connectivity index (χ2n) is 22.8. The summed E-state index contributed by atoms with van der Waals surface area (Å²) in [4.78, 5) is 27.6. The third kappa shape index (κ3) is 7.78. The highest BCUT2D eigenvalue weighted by atomic mass is 16.7. The quantitative estimate of drug-likeness (QED) is 0.0735. The van der Waals surface area contributed by atoms with Gasteiger partial charge in [-0.25, -0.2) is 0 Å². The van der Waals surface area contributed by atoms with Gasteiger partial charge in [-0.2, -0.15) is 0 Å². The minimum atomic E-state index is -1.87. The summed E-state index contributed by atoms with van der Waals surface area (Å²) in [5, 5.41) is 128. The fourth-order valence-electron chi connectivity index (χ4n) is 14.9. The van der Waals surface area contributed by atoms with Crippen LogP contribution in [0.1, 0.15) is 99.3 Å². The summed E-state index contributed by atoms with van der Waals surface area (Å²) in [6, 6.07) is 0. The molecule has 4 saturated carbocycles. The molecule has 0 bridgehead atoms. The zero-order valence-electron chi connectivity index (χ0n) is 39.2. The number of fused-ring (bicyclic) bond motifs is 7. The van der Waals surface area contributed by atoms with Crippen LogP contribution in [0.5, 0.6) is 0 Å². The number of carboxylic acids is 1. The van der Waals surface area contributed by atoms with Gasteiger partial charge in [0.05, 0.1) is 37.4 Å². The van der Waals surface area contributed by atoms with Gasteiger partial charge in [0.2, 0.25) is 6.29 Å². The Bertz CT molecular complexity index is 1880. The fourth-order valence-corrected chi connectivity index (χ4v) is 14.9. The van der Waals surface area contributed by atoms with Gasteiger partial charge in [-0.05, 0) is 98.2 Å². The molecule has 5 aliphatic carbocycles. The Morgan fingerprint density at radius 2 is 1.30 bits per heavy atom. The molecule has 0 aromatic carbocycles. The standard InChI is InChI=1S/C47H74O20/c1-42(2)25-9-12-45(5)26(44(25,4)11-10-28(42)65-37-35(58)36(22(50)19-62-37)66-38-33(56)31(54)29(52)23(17-48)63-38)8-7-20-21-15-43(3,40(59)60)13-14-47(21,27(51)16-46(20,45)6)41(61)67-39-34(57)32(55)30(53)24(18-49)64-39/h7,21-39,48-58H,8-19H2,1-6H3,(H,59,60)/t21-,22+,23+,24+,25+,26-,27+,28-,29+,30-,31-,32-,33+,34+,35+,36-,37-,38-,39-,43-,44-,45+,46+,47+/m0/s1. The van der Waals surface area contributed by atoms with Crippen LogP contribution < -0.4 is 0 Å². The predicted molar refractivity (Wildman–Crippen MR) is 228 cm³/mol. The van der Waals surface area contributed by atoms with Crippen LogP contribution in [0.15, 0.2) is 11.6 Å². The van der Waals surface area contributed by atoms with Crippen LogP contribution in [0.3, 0.4) is 0 Å². The van der Waals surface area contributed by atoms with Crippen LogP contribution in [-0.4, -0.2) is 191 Å². The number of carbonyl (C=O) groups excluding carboxylic acids is 1. The molecule has 0 spiro atoms. The molecule has 12 N–H and O–H groups in total. The van der Waals surface area contributed by atoms with Crippen molar-refractivity contribution in [3.8, 4) is 0 Å². The van der Waals surface area contributed by atoms with E-state index in [0.717, 1.165) is 12.0 Å². The molecule has 3 saturated heterocycles. The maximum atomic E-state index is 14.7. The van der Waals surface area contributed by atoms with Gasteiger partial charge < -0.3 is 89.7 Å². The summed E-state index contributed by atoms with van der Waals surface area (Å²) in [6.45, 7) is 10.9. The van der Waals surface area contributed by atoms with Crippen molar-refractivity contribution < 1.29 is 99.3 Å². The first-order chi connectivity index (χ1) is 31.3. The van der Waals surface area contributed by atoms with Crippen LogP contribution in [0.4, 0.5) is 0 Å². The molecular formula is C47H74O20. The number of aliphatic carboxylic acids is 1. The molecule has 382 valence electrons. The van der Waals surface area contributed by atoms with Gasteiger partial charge in [0.15, 0.2) is 12.6 Å². The first kappa shape index (κ1) is 51.4. The maximum absolute atomic E-state index is 14.7. The lowest BCUT2D eigenvalue weighted by atomic mass is 9.33. The maximum Gasteiger partial charge on any atom is 0.317 e. The van der Waals surface area contributed by atoms with Crippen LogP contribution in [0.25, 0.3) is 0 Å². The van der Waals surface area contributed by atoms with Gasteiger partial charge in [0, 0.05) is 5.92 Å². The van der Waals surface area contributed by atoms with Gasteiger partial charge >= 0.3 is 11.9 Å². The average molecular weight is 959 g/mol. The SMILES string of the molecule is CC1(C)[C@@H](O[C@@H]2OC[C@@H](O)[C@H](O[C@@H]3O[C@H](CO)[C@@H](O)[C@H](O)[C@H]3O)[C@H]2O)CC[C@@]2(C)[C@@H]1CC[C@]1(C)[C@H]2CC=C2[C@@H]3C[C@@](C)(C(=O)O)CC[C@]3(C(=O)O[C@@H]3O[C@H](CO)[C@H](O)[C@H](O)[C@H]3O)[C@H](O)C[C@]21C. The molecule has 20 heteroatoms. The van der Waals surface area contributed by atoms with Gasteiger partial charge in [-0.1, -0.05) is 46.3 Å². The molecular weight excluding hydrogens is 884 g/mol. The third-order valence-corrected chi connectivity index (χ3v) is 19.2. The van der Waals surface area contributed by atoms with E-state index in [9.17, 15) is 70.9 Å². The van der Waals surface area contributed by atoms with Gasteiger partial charge in [-0.3, -0.25) is 9.59 Å². The third-order valence-electron chi connectivity index (χ3n) is 19.2. The molecule has 3 aliphatic heterocycles. The highest BCUT2D eigenvalue weighted by Gasteiger charge is 2.72. The van der Waals surface area contributed by atoms with Gasteiger partial charge in [0.25, 0.3) is 0 Å². The Labute approximate surface area is 389 Å². The highest BCUT2D eigenvalue weighted by molar-refractivity contribution is 5.81. The van der Waals surface area contributed by atoms with E-state index in [2.05, 4.69) is 40.7 Å². The second-order valence-corrected chi connectivity index (χ2v) is 22.8. The Hall–Kier alpha value is -1.96. The van der Waals surface area contributed by atoms with E-state index in [1.807, 2.05) is 0 Å². The number of carboxylic acid groups (broad SMARTS) is 1. The zero-order chi connectivity index (χ0) is 49.1. The molecule has 0 amide bonds. The van der Waals surface area contributed by atoms with E-state index in [-0.39, 0.29) is 49.5 Å². The largest absolute Gasteiger partial charge is 0.481 e. The lowest BCUT2D eigenvalue weighted by Gasteiger charge is -2.71. The number of hydrogen-bond donors (Lipinski definition) is 12. The molecule has 3 heterocycles. The number of allylic oxidation sites excluding steroid dienone is 2. The molecule has 7 fully saturated rings. The van der Waals surface area contributed by atoms with E-state index < -0.39 is 156 Å². The summed E-state index contributed by atoms with van der Waals surface area (Å²) >= 11 is 0. The summed E-state index contributed by atoms with van der Waals surface area (Å²) in [7, 11) is 0. The average Bonchev–Trinajstić information content (AvgIpc) is 3.27. The predicted octanol–water partition coefficient (Wildman–Crippen LogP) is -1.18. The van der Waals surface area contributed by atoms with Crippen molar-refractivity contribution in [1.29, 1.82) is 0 Å². The van der Waals surface area contributed by atoms with Crippen LogP contribution in [0, 0.1) is 50.2 Å². The Morgan fingerprint density at radius 3 is 1.91 bits per heavy atom. The summed E-state index contributed by atoms with van der Waals surface area (Å²) in [5.74, 6) is -2.59. The van der Waals surface area contributed by atoms with Gasteiger partial charge in [-0.15, -0.1) is 0 Å². The smallest absolute Gasteiger partial charge is 0.317 e. The van der Waals surface area contributed by atoms with Crippen LogP contribution in [-0.2, 0) is 38.0 Å². The summed E-state index contributed by atoms with van der Waals surface area (Å²) in [5.41, 5.74) is -3.96. The Balaban J connectivity index is 1.04. The zero-order valence-corrected chi connectivity index (χ0v) is 39.2. The topological polar surface area (TPSA) is 332 Å². The molecule has 8 rings (SSSR count). The number of aliphatic hydroxyl groups excluding tert-OH is 11. The van der Waals surface area contributed by atoms with Crippen LogP contribution in [0.2, 0.25) is 0 Å². The molecule has 20 nitrogen and oxygen atoms in total. The van der Waals surface area contributed by atoms with Crippen molar-refractivity contribution in [3.05, 3.63) is 11.6 Å². The van der Waals surface area contributed by atoms with Gasteiger partial charge in [0.1, 0.15) is 72.6 Å². The molecule has 67 heavy (non-hydrogen) atoms. The number of carbonyl (C=O) groups is 2. The minimum absolute atomic E-state index is 0.0256. The molecule has 0 aromatic rings. The highest BCUT2D eigenvalue weighted by Crippen LogP contribution is 2.76. The Kier molecular flexibility index (Phi) is 13.8. The number of hydrogen-bond acceptors (Lipinski definition) is 19. The van der Waals surface area contributed by atoms with Crippen molar-refractivity contribution in [3.63, 3.8) is 0 Å². The second kappa shape index (κ2) is 18.0. The molecule has 8 aliphatic rings. The van der Waals surface area contributed by atoms with Crippen molar-refractivity contribution in [2.45, 2.75) is 198 Å². The number of esters is 1. The summed E-state index contributed by atoms with van der Waals surface area (Å²) in [6.07, 6.45) is -18.1. The Morgan fingerprint density at radius 1 is 0.687 bits per heavy atom. The van der Waals surface area contributed by atoms with E-state index in [1.165, 1.54) is 0 Å². The van der Waals surface area contributed by atoms with E-state index in [1.54, 1.807) is 6.92 Å². The number of ether oxygens (including phenoxy) is 6. The van der Waals surface area contributed by atoms with Crippen molar-refractivity contribution in [2.24, 2.45) is 50.2 Å². The lowest BCUT2D eigenvalue weighted by molar-refractivity contribution is -0.357. The van der Waals surface area contributed by atoms with Crippen molar-refractivity contribution >= 4 is 11.9 Å². The van der Waals surface area contributed by atoms with Crippen molar-refractivity contribution in [1.82, 2.24) is 0 Å². The summed E-state index contributed by atoms with van der Waals surface area (Å²) < 4.78 is 35.2. The lowest BCUT2D eigenvalue weighted by Crippen LogP contribution is -2.68. The normalized spacial score (nSPS) is 54.0. The van der Waals surface area contributed by atoms with Crippen LogP contribution >= 0.6 is 0 Å². The van der Waals surface area contributed by atoms with E-state index in [4.69, 9.17) is 28.4 Å². The number of aliphatic hydroxyl groups is 11. The fraction of sp³-hybridized carbons (Fsp3) is 0.915. The first-order valence-corrected chi connectivity index (χ1v) is 24.0. The monoisotopic (exact) mass is 958 g/mol.